The molecule has 1 aliphatic rings. The third-order valence-corrected chi connectivity index (χ3v) is 4.79. The van der Waals surface area contributed by atoms with Crippen molar-refractivity contribution in [2.24, 2.45) is 0 Å². The van der Waals surface area contributed by atoms with Gasteiger partial charge in [0.05, 0.1) is 30.8 Å². The second-order valence-corrected chi connectivity index (χ2v) is 8.19. The predicted octanol–water partition coefficient (Wildman–Crippen LogP) is 2.37. The number of methoxy groups -OCH3 is 1. The van der Waals surface area contributed by atoms with Crippen LogP contribution in [0.1, 0.15) is 38.1 Å². The van der Waals surface area contributed by atoms with Crippen LogP contribution in [0, 0.1) is 0 Å². The van der Waals surface area contributed by atoms with Gasteiger partial charge < -0.3 is 19.4 Å². The van der Waals surface area contributed by atoms with Gasteiger partial charge in [0.25, 0.3) is 5.56 Å². The van der Waals surface area contributed by atoms with Gasteiger partial charge in [-0.3, -0.25) is 4.79 Å². The lowest BCUT2D eigenvalue weighted by Crippen LogP contribution is -2.60. The molecule has 1 amide bonds. The molecule has 3 rings (SSSR count). The average Bonchev–Trinajstić information content (AvgIpc) is 2.66. The number of hydrogen-bond acceptors (Lipinski definition) is 6. The molecule has 0 spiro atoms. The quantitative estimate of drug-likeness (QED) is 0.719. The molecule has 0 N–H and O–H groups in total. The second-order valence-electron chi connectivity index (χ2n) is 8.19. The maximum absolute atomic E-state index is 12.7. The van der Waals surface area contributed by atoms with Gasteiger partial charge in [-0.25, -0.2) is 14.3 Å². The van der Waals surface area contributed by atoms with Gasteiger partial charge in [0.1, 0.15) is 5.60 Å². The number of piperazine rings is 1. The van der Waals surface area contributed by atoms with E-state index >= 15 is 0 Å². The lowest BCUT2D eigenvalue weighted by Gasteiger charge is -2.42. The molecule has 1 saturated heterocycles. The summed E-state index contributed by atoms with van der Waals surface area (Å²) >= 11 is 0. The molecule has 1 aromatic heterocycles. The van der Waals surface area contributed by atoms with Crippen LogP contribution in [0.4, 0.5) is 4.79 Å². The third kappa shape index (κ3) is 4.36. The SMILES string of the molecule is COC(=O)c1ccc2c(ccc(=O)n2N2CCN(C(=O)OC(C)(C)C)C[C@@H]2C)c1. The van der Waals surface area contributed by atoms with Gasteiger partial charge in [-0.1, -0.05) is 0 Å². The molecular weight excluding hydrogens is 374 g/mol. The first kappa shape index (κ1) is 20.7. The summed E-state index contributed by atoms with van der Waals surface area (Å²) in [6.07, 6.45) is -0.350. The Labute approximate surface area is 169 Å². The molecule has 2 aromatic rings. The van der Waals surface area contributed by atoms with E-state index in [0.29, 0.717) is 30.7 Å². The summed E-state index contributed by atoms with van der Waals surface area (Å²) in [5.41, 5.74) is 0.401. The summed E-state index contributed by atoms with van der Waals surface area (Å²) in [6.45, 7) is 8.84. The highest BCUT2D eigenvalue weighted by Crippen LogP contribution is 2.19. The highest BCUT2D eigenvalue weighted by atomic mass is 16.6. The van der Waals surface area contributed by atoms with E-state index in [9.17, 15) is 14.4 Å². The number of esters is 1. The minimum atomic E-state index is -0.554. The number of benzene rings is 1. The maximum atomic E-state index is 12.7. The van der Waals surface area contributed by atoms with Crippen molar-refractivity contribution in [1.82, 2.24) is 9.58 Å². The molecule has 1 atom stereocenters. The summed E-state index contributed by atoms with van der Waals surface area (Å²) in [6, 6.07) is 8.18. The Morgan fingerprint density at radius 2 is 1.83 bits per heavy atom. The average molecular weight is 401 g/mol. The van der Waals surface area contributed by atoms with Crippen molar-refractivity contribution >= 4 is 23.0 Å². The zero-order chi connectivity index (χ0) is 21.3. The number of aromatic nitrogens is 1. The monoisotopic (exact) mass is 401 g/mol. The van der Waals surface area contributed by atoms with E-state index in [1.807, 2.05) is 32.7 Å². The van der Waals surface area contributed by atoms with Gasteiger partial charge in [-0.15, -0.1) is 0 Å². The molecule has 1 fully saturated rings. The van der Waals surface area contributed by atoms with Gasteiger partial charge in [0.15, 0.2) is 0 Å². The zero-order valence-electron chi connectivity index (χ0n) is 17.5. The molecule has 0 bridgehead atoms. The fourth-order valence-corrected chi connectivity index (χ4v) is 3.48. The van der Waals surface area contributed by atoms with Crippen molar-refractivity contribution < 1.29 is 19.1 Å². The van der Waals surface area contributed by atoms with E-state index in [-0.39, 0.29) is 17.7 Å². The van der Waals surface area contributed by atoms with Crippen LogP contribution in [0.2, 0.25) is 0 Å². The molecule has 1 aromatic carbocycles. The van der Waals surface area contributed by atoms with E-state index in [2.05, 4.69) is 0 Å². The summed E-state index contributed by atoms with van der Waals surface area (Å²) in [7, 11) is 1.33. The molecule has 0 saturated carbocycles. The lowest BCUT2D eigenvalue weighted by molar-refractivity contribution is 0.0206. The first-order valence-electron chi connectivity index (χ1n) is 9.60. The zero-order valence-corrected chi connectivity index (χ0v) is 17.5. The topological polar surface area (TPSA) is 81.1 Å². The van der Waals surface area contributed by atoms with Crippen molar-refractivity contribution in [3.05, 3.63) is 46.2 Å². The van der Waals surface area contributed by atoms with Gasteiger partial charge in [-0.2, -0.15) is 0 Å². The largest absolute Gasteiger partial charge is 0.465 e. The van der Waals surface area contributed by atoms with Gasteiger partial charge >= 0.3 is 12.1 Å². The van der Waals surface area contributed by atoms with E-state index < -0.39 is 11.6 Å². The normalized spacial score (nSPS) is 17.3. The maximum Gasteiger partial charge on any atom is 0.410 e. The van der Waals surface area contributed by atoms with Crippen LogP contribution in [0.3, 0.4) is 0 Å². The Morgan fingerprint density at radius 3 is 2.45 bits per heavy atom. The number of carbonyl (C=O) groups excluding carboxylic acids is 2. The molecule has 8 nitrogen and oxygen atoms in total. The number of pyridine rings is 1. The minimum absolute atomic E-state index is 0.0974. The number of amides is 1. The van der Waals surface area contributed by atoms with E-state index in [0.717, 1.165) is 5.39 Å². The Kier molecular flexibility index (Phi) is 5.55. The molecule has 29 heavy (non-hydrogen) atoms. The van der Waals surface area contributed by atoms with Crippen molar-refractivity contribution in [3.8, 4) is 0 Å². The molecule has 0 aliphatic carbocycles. The van der Waals surface area contributed by atoms with Crippen molar-refractivity contribution in [1.29, 1.82) is 0 Å². The molecule has 2 heterocycles. The van der Waals surface area contributed by atoms with Crippen LogP contribution in [-0.4, -0.2) is 60.0 Å². The standard InChI is InChI=1S/C21H27N3O5/c1-14-13-22(20(27)29-21(2,3)4)10-11-23(14)24-17-8-6-16(19(26)28-5)12-15(17)7-9-18(24)25/h6-9,12,14H,10-11,13H2,1-5H3/t14-/m0/s1. The van der Waals surface area contributed by atoms with E-state index in [1.165, 1.54) is 13.2 Å². The summed E-state index contributed by atoms with van der Waals surface area (Å²) in [4.78, 5) is 38.5. The second kappa shape index (κ2) is 7.77. The Morgan fingerprint density at radius 1 is 1.10 bits per heavy atom. The van der Waals surface area contributed by atoms with Gasteiger partial charge in [0, 0.05) is 24.5 Å². The fraction of sp³-hybridized carbons (Fsp3) is 0.476. The highest BCUT2D eigenvalue weighted by molar-refractivity contribution is 5.94. The van der Waals surface area contributed by atoms with Crippen molar-refractivity contribution in [3.63, 3.8) is 0 Å². The predicted molar refractivity (Wildman–Crippen MR) is 110 cm³/mol. The minimum Gasteiger partial charge on any atom is -0.465 e. The Balaban J connectivity index is 1.89. The highest BCUT2D eigenvalue weighted by Gasteiger charge is 2.31. The van der Waals surface area contributed by atoms with Crippen LogP contribution < -0.4 is 10.6 Å². The lowest BCUT2D eigenvalue weighted by atomic mass is 10.1. The van der Waals surface area contributed by atoms with Crippen LogP contribution >= 0.6 is 0 Å². The van der Waals surface area contributed by atoms with Crippen LogP contribution in [0.5, 0.6) is 0 Å². The number of hydrogen-bond donors (Lipinski definition) is 0. The smallest absolute Gasteiger partial charge is 0.410 e. The van der Waals surface area contributed by atoms with Crippen LogP contribution in [-0.2, 0) is 9.47 Å². The first-order chi connectivity index (χ1) is 13.6. The fourth-order valence-electron chi connectivity index (χ4n) is 3.48. The van der Waals surface area contributed by atoms with Crippen LogP contribution in [0.15, 0.2) is 35.1 Å². The summed E-state index contributed by atoms with van der Waals surface area (Å²) in [5, 5.41) is 2.71. The molecule has 8 heteroatoms. The number of ether oxygens (including phenoxy) is 2. The summed E-state index contributed by atoms with van der Waals surface area (Å²) in [5.74, 6) is -0.427. The summed E-state index contributed by atoms with van der Waals surface area (Å²) < 4.78 is 11.9. The number of nitrogens with zero attached hydrogens (tertiary/aromatic N) is 3. The van der Waals surface area contributed by atoms with Crippen molar-refractivity contribution in [2.45, 2.75) is 39.3 Å². The van der Waals surface area contributed by atoms with E-state index in [1.54, 1.807) is 33.8 Å². The van der Waals surface area contributed by atoms with Crippen molar-refractivity contribution in [2.75, 3.05) is 31.8 Å². The first-order valence-corrected chi connectivity index (χ1v) is 9.60. The number of rotatable bonds is 2. The Hall–Kier alpha value is -3.03. The number of fused-ring (bicyclic) bond motifs is 1. The van der Waals surface area contributed by atoms with Gasteiger partial charge in [-0.05, 0) is 52.0 Å². The molecule has 156 valence electrons. The van der Waals surface area contributed by atoms with Gasteiger partial charge in [0.2, 0.25) is 0 Å². The third-order valence-electron chi connectivity index (χ3n) is 4.79. The Bertz CT molecular complexity index is 992. The molecular formula is C21H27N3O5. The molecule has 1 aliphatic heterocycles. The molecule has 0 radical (unpaired) electrons. The van der Waals surface area contributed by atoms with Crippen LogP contribution in [0.25, 0.3) is 10.9 Å². The van der Waals surface area contributed by atoms with E-state index in [4.69, 9.17) is 9.47 Å². The molecule has 0 unspecified atom stereocenters. The number of carbonyl (C=O) groups is 2.